The maximum atomic E-state index is 10.7. The highest BCUT2D eigenvalue weighted by atomic mass is 16.6. The van der Waals surface area contributed by atoms with E-state index in [9.17, 15) is 10.1 Å². The summed E-state index contributed by atoms with van der Waals surface area (Å²) >= 11 is 0. The first kappa shape index (κ1) is 15.2. The minimum Gasteiger partial charge on any atom is -0.356 e. The Morgan fingerprint density at radius 3 is 2.36 bits per heavy atom. The van der Waals surface area contributed by atoms with Gasteiger partial charge in [-0.05, 0) is 26.0 Å². The van der Waals surface area contributed by atoms with Crippen LogP contribution in [0.25, 0.3) is 0 Å². The molecular formula is C15H23N5O2. The Balaban J connectivity index is 1.54. The average molecular weight is 305 g/mol. The highest BCUT2D eigenvalue weighted by molar-refractivity contribution is 5.43. The molecule has 0 aromatic carbocycles. The average Bonchev–Trinajstić information content (AvgIpc) is 2.56. The molecule has 2 saturated heterocycles. The molecule has 0 atom stereocenters. The number of pyridine rings is 1. The summed E-state index contributed by atoms with van der Waals surface area (Å²) in [5, 5.41) is 10.7. The Morgan fingerprint density at radius 2 is 1.82 bits per heavy atom. The number of likely N-dealkylation sites (N-methyl/N-ethyl adjacent to an activating group) is 1. The smallest absolute Gasteiger partial charge is 0.287 e. The molecule has 0 N–H and O–H groups in total. The monoisotopic (exact) mass is 305 g/mol. The molecule has 2 aliphatic rings. The molecule has 2 fully saturated rings. The van der Waals surface area contributed by atoms with E-state index in [0.29, 0.717) is 6.04 Å². The number of piperidine rings is 1. The van der Waals surface area contributed by atoms with Crippen molar-refractivity contribution in [2.45, 2.75) is 18.9 Å². The Morgan fingerprint density at radius 1 is 1.14 bits per heavy atom. The van der Waals surface area contributed by atoms with Gasteiger partial charge in [-0.15, -0.1) is 0 Å². The van der Waals surface area contributed by atoms with Gasteiger partial charge in [-0.25, -0.2) is 4.98 Å². The fourth-order valence-corrected chi connectivity index (χ4v) is 3.32. The molecule has 7 nitrogen and oxygen atoms in total. The second-order valence-corrected chi connectivity index (χ2v) is 6.19. The van der Waals surface area contributed by atoms with E-state index < -0.39 is 4.92 Å². The number of hydrogen-bond donors (Lipinski definition) is 0. The summed E-state index contributed by atoms with van der Waals surface area (Å²) in [5.74, 6) is 0.849. The summed E-state index contributed by atoms with van der Waals surface area (Å²) in [6, 6.07) is 3.96. The third-order valence-electron chi connectivity index (χ3n) is 4.79. The first-order valence-corrected chi connectivity index (χ1v) is 7.91. The zero-order valence-electron chi connectivity index (χ0n) is 13.0. The zero-order chi connectivity index (χ0) is 15.5. The normalized spacial score (nSPS) is 22.0. The third-order valence-corrected chi connectivity index (χ3v) is 4.79. The maximum absolute atomic E-state index is 10.7. The summed E-state index contributed by atoms with van der Waals surface area (Å²) in [6.45, 7) is 6.59. The second-order valence-electron chi connectivity index (χ2n) is 6.19. The van der Waals surface area contributed by atoms with Crippen LogP contribution in [-0.2, 0) is 0 Å². The van der Waals surface area contributed by atoms with Crippen LogP contribution in [0, 0.1) is 10.1 Å². The summed E-state index contributed by atoms with van der Waals surface area (Å²) in [4.78, 5) is 21.7. The van der Waals surface area contributed by atoms with E-state index >= 15 is 0 Å². The van der Waals surface area contributed by atoms with Gasteiger partial charge in [-0.1, -0.05) is 0 Å². The van der Waals surface area contributed by atoms with Crippen LogP contribution in [0.5, 0.6) is 0 Å². The van der Waals surface area contributed by atoms with Crippen molar-refractivity contribution in [3.8, 4) is 0 Å². The van der Waals surface area contributed by atoms with Gasteiger partial charge in [0, 0.05) is 51.4 Å². The zero-order valence-corrected chi connectivity index (χ0v) is 13.0. The van der Waals surface area contributed by atoms with Gasteiger partial charge in [0.25, 0.3) is 5.69 Å². The van der Waals surface area contributed by atoms with E-state index in [1.165, 1.54) is 12.3 Å². The first-order chi connectivity index (χ1) is 10.6. The highest BCUT2D eigenvalue weighted by Crippen LogP contribution is 2.23. The lowest BCUT2D eigenvalue weighted by atomic mass is 10.0. The predicted molar refractivity (Wildman–Crippen MR) is 85.2 cm³/mol. The van der Waals surface area contributed by atoms with Crippen molar-refractivity contribution in [2.24, 2.45) is 0 Å². The Hall–Kier alpha value is -1.73. The van der Waals surface area contributed by atoms with Gasteiger partial charge in [0.15, 0.2) is 0 Å². The van der Waals surface area contributed by atoms with Crippen molar-refractivity contribution in [1.82, 2.24) is 14.8 Å². The molecule has 1 aromatic heterocycles. The van der Waals surface area contributed by atoms with E-state index in [1.54, 1.807) is 6.07 Å². The van der Waals surface area contributed by atoms with E-state index in [2.05, 4.69) is 26.7 Å². The van der Waals surface area contributed by atoms with Gasteiger partial charge in [0.2, 0.25) is 0 Å². The van der Waals surface area contributed by atoms with Crippen molar-refractivity contribution >= 4 is 11.5 Å². The molecule has 1 aromatic rings. The molecule has 2 aliphatic heterocycles. The lowest BCUT2D eigenvalue weighted by Gasteiger charge is -2.42. The Labute approximate surface area is 130 Å². The van der Waals surface area contributed by atoms with Gasteiger partial charge in [0.05, 0.1) is 4.92 Å². The number of aromatic nitrogens is 1. The van der Waals surface area contributed by atoms with Crippen LogP contribution in [0.15, 0.2) is 18.3 Å². The molecule has 0 radical (unpaired) electrons. The van der Waals surface area contributed by atoms with E-state index in [4.69, 9.17) is 0 Å². The predicted octanol–water partition coefficient (Wildman–Crippen LogP) is 1.21. The summed E-state index contributed by atoms with van der Waals surface area (Å²) in [7, 11) is 2.18. The minimum absolute atomic E-state index is 0.0519. The quantitative estimate of drug-likeness (QED) is 0.618. The van der Waals surface area contributed by atoms with Gasteiger partial charge in [-0.2, -0.15) is 0 Å². The molecule has 7 heteroatoms. The Bertz CT molecular complexity index is 505. The molecule has 3 heterocycles. The van der Waals surface area contributed by atoms with E-state index in [0.717, 1.165) is 57.9 Å². The third kappa shape index (κ3) is 3.36. The standard InChI is InChI=1S/C15H23N5O2/c1-17-8-10-18(11-9-17)13-4-6-19(7-5-13)15-3-2-14(12-16-15)20(21)22/h2-3,12-13H,4-11H2,1H3. The lowest BCUT2D eigenvalue weighted by molar-refractivity contribution is -0.385. The van der Waals surface area contributed by atoms with Crippen LogP contribution in [0.3, 0.4) is 0 Å². The first-order valence-electron chi connectivity index (χ1n) is 7.91. The Kier molecular flexibility index (Phi) is 4.54. The lowest BCUT2D eigenvalue weighted by Crippen LogP contribution is -2.52. The summed E-state index contributed by atoms with van der Waals surface area (Å²) < 4.78 is 0. The summed E-state index contributed by atoms with van der Waals surface area (Å²) in [5.41, 5.74) is 0.0519. The van der Waals surface area contributed by atoms with Crippen LogP contribution < -0.4 is 4.90 Å². The molecule has 0 amide bonds. The molecule has 0 aliphatic carbocycles. The van der Waals surface area contributed by atoms with Crippen molar-refractivity contribution in [3.63, 3.8) is 0 Å². The number of nitro groups is 1. The van der Waals surface area contributed by atoms with Crippen molar-refractivity contribution in [1.29, 1.82) is 0 Å². The van der Waals surface area contributed by atoms with Crippen LogP contribution >= 0.6 is 0 Å². The van der Waals surface area contributed by atoms with E-state index in [1.807, 2.05) is 0 Å². The van der Waals surface area contributed by atoms with Crippen LogP contribution in [0.4, 0.5) is 11.5 Å². The molecule has 0 unspecified atom stereocenters. The molecule has 3 rings (SSSR count). The van der Waals surface area contributed by atoms with E-state index in [-0.39, 0.29) is 5.69 Å². The van der Waals surface area contributed by atoms with Crippen molar-refractivity contribution in [3.05, 3.63) is 28.4 Å². The van der Waals surface area contributed by atoms with Gasteiger partial charge < -0.3 is 9.80 Å². The van der Waals surface area contributed by atoms with Crippen LogP contribution in [-0.4, -0.2) is 72.1 Å². The molecule has 0 saturated carbocycles. The topological polar surface area (TPSA) is 65.8 Å². The van der Waals surface area contributed by atoms with Crippen molar-refractivity contribution in [2.75, 3.05) is 51.2 Å². The highest BCUT2D eigenvalue weighted by Gasteiger charge is 2.27. The fourth-order valence-electron chi connectivity index (χ4n) is 3.32. The molecule has 0 bridgehead atoms. The number of hydrogen-bond acceptors (Lipinski definition) is 6. The number of rotatable bonds is 3. The largest absolute Gasteiger partial charge is 0.356 e. The van der Waals surface area contributed by atoms with Gasteiger partial charge >= 0.3 is 0 Å². The second kappa shape index (κ2) is 6.58. The molecule has 22 heavy (non-hydrogen) atoms. The molecule has 120 valence electrons. The molecule has 0 spiro atoms. The van der Waals surface area contributed by atoms with Crippen LogP contribution in [0.1, 0.15) is 12.8 Å². The SMILES string of the molecule is CN1CCN(C2CCN(c3ccc([N+](=O)[O-])cn3)CC2)CC1. The molecular weight excluding hydrogens is 282 g/mol. The number of nitrogens with zero attached hydrogens (tertiary/aromatic N) is 5. The summed E-state index contributed by atoms with van der Waals surface area (Å²) in [6.07, 6.45) is 3.63. The fraction of sp³-hybridized carbons (Fsp3) is 0.667. The van der Waals surface area contributed by atoms with Crippen LogP contribution in [0.2, 0.25) is 0 Å². The van der Waals surface area contributed by atoms with Crippen molar-refractivity contribution < 1.29 is 4.92 Å². The minimum atomic E-state index is -0.406. The van der Waals surface area contributed by atoms with Gasteiger partial charge in [-0.3, -0.25) is 15.0 Å². The van der Waals surface area contributed by atoms with Gasteiger partial charge in [0.1, 0.15) is 12.0 Å². The maximum Gasteiger partial charge on any atom is 0.287 e. The number of piperazine rings is 1. The number of anilines is 1.